The fraction of sp³-hybridized carbons (Fsp3) is 0.545. The summed E-state index contributed by atoms with van der Waals surface area (Å²) >= 11 is 3.22. The first kappa shape index (κ1) is 16.4. The summed E-state index contributed by atoms with van der Waals surface area (Å²) in [5, 5.41) is 2.77. The minimum Gasteiger partial charge on any atom is -0.385 e. The largest absolute Gasteiger partial charge is 0.385 e. The van der Waals surface area contributed by atoms with E-state index in [0.717, 1.165) is 12.8 Å². The summed E-state index contributed by atoms with van der Waals surface area (Å²) in [5.74, 6) is 0.326. The Morgan fingerprint density at radius 3 is 2.79 bits per heavy atom. The van der Waals surface area contributed by atoms with Gasteiger partial charge in [-0.1, -0.05) is 0 Å². The summed E-state index contributed by atoms with van der Waals surface area (Å²) in [6.45, 7) is 1.00. The Hall–Kier alpha value is -0.700. The molecule has 2 N–H and O–H groups in total. The van der Waals surface area contributed by atoms with Crippen LogP contribution < -0.4 is 10.0 Å². The van der Waals surface area contributed by atoms with E-state index in [1.165, 1.54) is 6.07 Å². The highest BCUT2D eigenvalue weighted by atomic mass is 79.9. The molecule has 8 heteroatoms. The van der Waals surface area contributed by atoms with Crippen LogP contribution in [-0.2, 0) is 14.8 Å². The van der Waals surface area contributed by atoms with Crippen LogP contribution in [0.5, 0.6) is 0 Å². The van der Waals surface area contributed by atoms with Crippen molar-refractivity contribution in [2.45, 2.75) is 17.7 Å². The van der Waals surface area contributed by atoms with Crippen LogP contribution in [0.2, 0.25) is 0 Å². The molecule has 108 valence electrons. The number of ether oxygens (including phenoxy) is 1. The summed E-state index contributed by atoms with van der Waals surface area (Å²) in [7, 11) is -0.304. The molecule has 6 nitrogen and oxygen atoms in total. The van der Waals surface area contributed by atoms with Gasteiger partial charge in [0.05, 0.1) is 0 Å². The van der Waals surface area contributed by atoms with Gasteiger partial charge in [-0.25, -0.2) is 18.1 Å². The molecule has 0 aromatic carbocycles. The zero-order chi connectivity index (χ0) is 14.3. The van der Waals surface area contributed by atoms with Crippen molar-refractivity contribution in [2.24, 2.45) is 0 Å². The number of pyridine rings is 1. The van der Waals surface area contributed by atoms with Crippen molar-refractivity contribution < 1.29 is 13.2 Å². The Morgan fingerprint density at radius 1 is 1.42 bits per heavy atom. The summed E-state index contributed by atoms with van der Waals surface area (Å²) in [5.41, 5.74) is 0. The highest BCUT2D eigenvalue weighted by molar-refractivity contribution is 9.10. The fourth-order valence-electron chi connectivity index (χ4n) is 1.47. The number of hydrogen-bond acceptors (Lipinski definition) is 5. The maximum absolute atomic E-state index is 12.2. The summed E-state index contributed by atoms with van der Waals surface area (Å²) in [6, 6.07) is 1.52. The number of rotatable bonds is 8. The van der Waals surface area contributed by atoms with Gasteiger partial charge in [-0.05, 0) is 34.8 Å². The lowest BCUT2D eigenvalue weighted by Crippen LogP contribution is -2.26. The van der Waals surface area contributed by atoms with E-state index in [9.17, 15) is 8.42 Å². The molecular formula is C11H18BrN3O3S. The zero-order valence-corrected chi connectivity index (χ0v) is 13.3. The third kappa shape index (κ3) is 5.06. The number of unbranched alkanes of at least 4 members (excludes halogenated alkanes) is 1. The van der Waals surface area contributed by atoms with Gasteiger partial charge in [-0.2, -0.15) is 0 Å². The lowest BCUT2D eigenvalue weighted by molar-refractivity contribution is 0.193. The maximum atomic E-state index is 12.2. The molecule has 1 aromatic heterocycles. The fourth-order valence-corrected chi connectivity index (χ4v) is 3.21. The molecule has 19 heavy (non-hydrogen) atoms. The van der Waals surface area contributed by atoms with Gasteiger partial charge in [0.1, 0.15) is 10.7 Å². The monoisotopic (exact) mass is 351 g/mol. The molecule has 1 heterocycles. The highest BCUT2D eigenvalue weighted by Gasteiger charge is 2.19. The van der Waals surface area contributed by atoms with Crippen molar-refractivity contribution >= 4 is 31.8 Å². The summed E-state index contributed by atoms with van der Waals surface area (Å²) < 4.78 is 32.4. The molecule has 0 saturated heterocycles. The molecular weight excluding hydrogens is 334 g/mol. The van der Waals surface area contributed by atoms with Gasteiger partial charge in [0.15, 0.2) is 0 Å². The molecule has 0 aliphatic rings. The van der Waals surface area contributed by atoms with Gasteiger partial charge in [-0.3, -0.25) is 0 Å². The molecule has 0 radical (unpaired) electrons. The number of sulfonamides is 1. The summed E-state index contributed by atoms with van der Waals surface area (Å²) in [6.07, 6.45) is 3.08. The van der Waals surface area contributed by atoms with E-state index in [4.69, 9.17) is 4.74 Å². The quantitative estimate of drug-likeness (QED) is 0.695. The van der Waals surface area contributed by atoms with E-state index in [1.807, 2.05) is 0 Å². The van der Waals surface area contributed by atoms with Crippen LogP contribution >= 0.6 is 15.9 Å². The number of aromatic nitrogens is 1. The standard InChI is InChI=1S/C11H18BrN3O3S/c1-13-11-10(7-9(12)8-14-11)19(16,17)15-5-3-4-6-18-2/h7-8,15H,3-6H2,1-2H3,(H,13,14). The van der Waals surface area contributed by atoms with Crippen LogP contribution in [0.15, 0.2) is 21.6 Å². The number of nitrogens with zero attached hydrogens (tertiary/aromatic N) is 1. The van der Waals surface area contributed by atoms with E-state index in [-0.39, 0.29) is 4.90 Å². The van der Waals surface area contributed by atoms with Crippen LogP contribution in [0.25, 0.3) is 0 Å². The van der Waals surface area contributed by atoms with Crippen LogP contribution in [-0.4, -0.2) is 40.7 Å². The van der Waals surface area contributed by atoms with Crippen molar-refractivity contribution in [2.75, 3.05) is 32.6 Å². The molecule has 0 atom stereocenters. The van der Waals surface area contributed by atoms with Crippen LogP contribution in [0.1, 0.15) is 12.8 Å². The first-order chi connectivity index (χ1) is 9.01. The summed E-state index contributed by atoms with van der Waals surface area (Å²) in [4.78, 5) is 4.16. The van der Waals surface area contributed by atoms with E-state index >= 15 is 0 Å². The number of halogens is 1. The first-order valence-corrected chi connectivity index (χ1v) is 8.11. The van der Waals surface area contributed by atoms with Crippen LogP contribution in [0, 0.1) is 0 Å². The topological polar surface area (TPSA) is 80.3 Å². The van der Waals surface area contributed by atoms with Crippen molar-refractivity contribution in [3.8, 4) is 0 Å². The third-order valence-electron chi connectivity index (χ3n) is 2.41. The molecule has 0 fully saturated rings. The molecule has 0 spiro atoms. The average Bonchev–Trinajstić information content (AvgIpc) is 2.38. The number of hydrogen-bond donors (Lipinski definition) is 2. The molecule has 0 aliphatic heterocycles. The smallest absolute Gasteiger partial charge is 0.244 e. The van der Waals surface area contributed by atoms with E-state index in [0.29, 0.717) is 23.4 Å². The van der Waals surface area contributed by atoms with Crippen molar-refractivity contribution in [1.82, 2.24) is 9.71 Å². The zero-order valence-electron chi connectivity index (χ0n) is 10.9. The Balaban J connectivity index is 2.74. The molecule has 0 aliphatic carbocycles. The number of nitrogens with one attached hydrogen (secondary N) is 2. The lowest BCUT2D eigenvalue weighted by atomic mass is 10.3. The highest BCUT2D eigenvalue weighted by Crippen LogP contribution is 2.22. The lowest BCUT2D eigenvalue weighted by Gasteiger charge is -2.10. The second kappa shape index (κ2) is 7.78. The Morgan fingerprint density at radius 2 is 2.16 bits per heavy atom. The second-order valence-corrected chi connectivity index (χ2v) is 6.50. The number of anilines is 1. The average molecular weight is 352 g/mol. The van der Waals surface area contributed by atoms with Gasteiger partial charge in [-0.15, -0.1) is 0 Å². The molecule has 1 rings (SSSR count). The van der Waals surface area contributed by atoms with E-state index in [2.05, 4.69) is 31.0 Å². The minimum atomic E-state index is -3.56. The number of methoxy groups -OCH3 is 1. The van der Waals surface area contributed by atoms with E-state index < -0.39 is 10.0 Å². The van der Waals surface area contributed by atoms with E-state index in [1.54, 1.807) is 20.4 Å². The third-order valence-corrected chi connectivity index (χ3v) is 4.32. The van der Waals surface area contributed by atoms with Crippen molar-refractivity contribution in [3.63, 3.8) is 0 Å². The van der Waals surface area contributed by atoms with Gasteiger partial charge < -0.3 is 10.1 Å². The Kier molecular flexibility index (Phi) is 6.70. The van der Waals surface area contributed by atoms with Crippen LogP contribution in [0.3, 0.4) is 0 Å². The molecule has 0 unspecified atom stereocenters. The maximum Gasteiger partial charge on any atom is 0.244 e. The predicted octanol–water partition coefficient (Wildman–Crippen LogP) is 1.59. The molecule has 0 saturated carbocycles. The van der Waals surface area contributed by atoms with Crippen molar-refractivity contribution in [3.05, 3.63) is 16.7 Å². The SMILES string of the molecule is CNc1ncc(Br)cc1S(=O)(=O)NCCCCOC. The molecule has 1 aromatic rings. The van der Waals surface area contributed by atoms with Crippen LogP contribution in [0.4, 0.5) is 5.82 Å². The van der Waals surface area contributed by atoms with Gasteiger partial charge in [0, 0.05) is 38.0 Å². The molecule has 0 bridgehead atoms. The molecule has 0 amide bonds. The van der Waals surface area contributed by atoms with Gasteiger partial charge in [0.25, 0.3) is 0 Å². The van der Waals surface area contributed by atoms with Gasteiger partial charge >= 0.3 is 0 Å². The van der Waals surface area contributed by atoms with Crippen molar-refractivity contribution in [1.29, 1.82) is 0 Å². The Bertz CT molecular complexity index is 508. The first-order valence-electron chi connectivity index (χ1n) is 5.83. The Labute approximate surface area is 122 Å². The van der Waals surface area contributed by atoms with Gasteiger partial charge in [0.2, 0.25) is 10.0 Å². The predicted molar refractivity (Wildman–Crippen MR) is 77.8 cm³/mol. The normalized spacial score (nSPS) is 11.5. The second-order valence-electron chi connectivity index (χ2n) is 3.85. The minimum absolute atomic E-state index is 0.135.